The summed E-state index contributed by atoms with van der Waals surface area (Å²) < 4.78 is 0. The van der Waals surface area contributed by atoms with Crippen LogP contribution in [0.15, 0.2) is 9.98 Å². The van der Waals surface area contributed by atoms with E-state index in [0.717, 1.165) is 13.1 Å². The summed E-state index contributed by atoms with van der Waals surface area (Å²) in [5.41, 5.74) is 0. The first kappa shape index (κ1) is 11.3. The third kappa shape index (κ3) is 6.08. The highest BCUT2D eigenvalue weighted by Crippen LogP contribution is 2.05. The zero-order valence-corrected chi connectivity index (χ0v) is 8.62. The summed E-state index contributed by atoms with van der Waals surface area (Å²) >= 11 is 0. The van der Waals surface area contributed by atoms with Gasteiger partial charge in [-0.25, -0.2) is 0 Å². The normalized spacial score (nSPS) is 15.1. The smallest absolute Gasteiger partial charge is 0.0581 e. The first-order valence-electron chi connectivity index (χ1n) is 4.62. The van der Waals surface area contributed by atoms with Crippen LogP contribution in [0.2, 0.25) is 0 Å². The van der Waals surface area contributed by atoms with Crippen molar-refractivity contribution in [2.75, 3.05) is 13.1 Å². The second kappa shape index (κ2) is 7.01. The highest BCUT2D eigenvalue weighted by molar-refractivity contribution is 5.60. The largest absolute Gasteiger partial charge is 0.296 e. The van der Waals surface area contributed by atoms with Crippen LogP contribution in [0.5, 0.6) is 0 Å². The molecule has 0 heterocycles. The van der Waals surface area contributed by atoms with Gasteiger partial charge in [0.1, 0.15) is 0 Å². The SMILES string of the molecule is CC=NCCN=CC(C)C(C)C. The Kier molecular flexibility index (Phi) is 6.63. The summed E-state index contributed by atoms with van der Waals surface area (Å²) in [5, 5.41) is 0. The van der Waals surface area contributed by atoms with Crippen molar-refractivity contribution in [1.29, 1.82) is 0 Å². The van der Waals surface area contributed by atoms with Crippen LogP contribution in [0.25, 0.3) is 0 Å². The van der Waals surface area contributed by atoms with Gasteiger partial charge in [0.05, 0.1) is 13.1 Å². The van der Waals surface area contributed by atoms with Crippen LogP contribution in [0.4, 0.5) is 0 Å². The molecule has 0 aromatic carbocycles. The van der Waals surface area contributed by atoms with Crippen molar-refractivity contribution >= 4 is 12.4 Å². The summed E-state index contributed by atoms with van der Waals surface area (Å²) in [6.07, 6.45) is 3.86. The van der Waals surface area contributed by atoms with Gasteiger partial charge < -0.3 is 0 Å². The molecule has 0 bridgehead atoms. The molecule has 0 saturated heterocycles. The molecule has 0 saturated carbocycles. The van der Waals surface area contributed by atoms with Crippen LogP contribution in [0.3, 0.4) is 0 Å². The van der Waals surface area contributed by atoms with Crippen LogP contribution in [-0.4, -0.2) is 25.5 Å². The van der Waals surface area contributed by atoms with E-state index < -0.39 is 0 Å². The lowest BCUT2D eigenvalue weighted by Crippen LogP contribution is -2.05. The minimum Gasteiger partial charge on any atom is -0.296 e. The van der Waals surface area contributed by atoms with Crippen molar-refractivity contribution in [2.24, 2.45) is 21.8 Å². The van der Waals surface area contributed by atoms with Crippen LogP contribution in [0, 0.1) is 11.8 Å². The molecule has 0 spiro atoms. The van der Waals surface area contributed by atoms with Crippen molar-refractivity contribution in [1.82, 2.24) is 0 Å². The zero-order valence-electron chi connectivity index (χ0n) is 8.62. The van der Waals surface area contributed by atoms with E-state index in [1.54, 1.807) is 0 Å². The molecule has 0 aliphatic heterocycles. The van der Waals surface area contributed by atoms with Gasteiger partial charge in [0, 0.05) is 6.21 Å². The second-order valence-corrected chi connectivity index (χ2v) is 3.32. The zero-order chi connectivity index (χ0) is 9.40. The minimum absolute atomic E-state index is 0.579. The summed E-state index contributed by atoms with van der Waals surface area (Å²) in [4.78, 5) is 8.37. The molecule has 0 amide bonds. The molecular weight excluding hydrogens is 148 g/mol. The van der Waals surface area contributed by atoms with Crippen molar-refractivity contribution in [3.05, 3.63) is 0 Å². The van der Waals surface area contributed by atoms with Crippen LogP contribution in [-0.2, 0) is 0 Å². The topological polar surface area (TPSA) is 24.7 Å². The van der Waals surface area contributed by atoms with Gasteiger partial charge in [-0.05, 0) is 25.0 Å². The summed E-state index contributed by atoms with van der Waals surface area (Å²) in [7, 11) is 0. The highest BCUT2D eigenvalue weighted by atomic mass is 14.8. The summed E-state index contributed by atoms with van der Waals surface area (Å²) in [6.45, 7) is 10.2. The predicted molar refractivity (Wildman–Crippen MR) is 56.4 cm³/mol. The average Bonchev–Trinajstić information content (AvgIpc) is 2.03. The molecule has 0 aliphatic rings. The van der Waals surface area contributed by atoms with Crippen molar-refractivity contribution in [3.63, 3.8) is 0 Å². The molecule has 0 fully saturated rings. The molecule has 0 aromatic rings. The lowest BCUT2D eigenvalue weighted by Gasteiger charge is -2.08. The molecule has 70 valence electrons. The number of hydrogen-bond donors (Lipinski definition) is 0. The minimum atomic E-state index is 0.579. The monoisotopic (exact) mass is 168 g/mol. The van der Waals surface area contributed by atoms with Gasteiger partial charge >= 0.3 is 0 Å². The first-order chi connectivity index (χ1) is 5.68. The molecule has 2 nitrogen and oxygen atoms in total. The lowest BCUT2D eigenvalue weighted by molar-refractivity contribution is 0.539. The maximum Gasteiger partial charge on any atom is 0.0581 e. The lowest BCUT2D eigenvalue weighted by atomic mass is 10.00. The molecular formula is C10H20N2. The second-order valence-electron chi connectivity index (χ2n) is 3.32. The van der Waals surface area contributed by atoms with Gasteiger partial charge in [-0.3, -0.25) is 9.98 Å². The number of aliphatic imine (C=N–C) groups is 2. The van der Waals surface area contributed by atoms with E-state index in [4.69, 9.17) is 0 Å². The molecule has 2 heteroatoms. The van der Waals surface area contributed by atoms with Gasteiger partial charge in [-0.2, -0.15) is 0 Å². The number of nitrogens with zero attached hydrogens (tertiary/aromatic N) is 2. The van der Waals surface area contributed by atoms with Crippen molar-refractivity contribution in [3.8, 4) is 0 Å². The molecule has 1 atom stereocenters. The summed E-state index contributed by atoms with van der Waals surface area (Å²) in [5.74, 6) is 1.26. The fourth-order valence-corrected chi connectivity index (χ4v) is 0.658. The van der Waals surface area contributed by atoms with E-state index in [9.17, 15) is 0 Å². The Morgan fingerprint density at radius 3 is 2.17 bits per heavy atom. The van der Waals surface area contributed by atoms with Crippen molar-refractivity contribution < 1.29 is 0 Å². The van der Waals surface area contributed by atoms with Gasteiger partial charge in [-0.15, -0.1) is 0 Å². The van der Waals surface area contributed by atoms with E-state index in [0.29, 0.717) is 11.8 Å². The number of rotatable bonds is 5. The molecule has 0 radical (unpaired) electrons. The van der Waals surface area contributed by atoms with Crippen LogP contribution in [0.1, 0.15) is 27.7 Å². The van der Waals surface area contributed by atoms with Crippen LogP contribution >= 0.6 is 0 Å². The van der Waals surface area contributed by atoms with Gasteiger partial charge in [-0.1, -0.05) is 20.8 Å². The molecule has 0 N–H and O–H groups in total. The Balaban J connectivity index is 3.48. The molecule has 1 unspecified atom stereocenters. The van der Waals surface area contributed by atoms with Crippen LogP contribution < -0.4 is 0 Å². The Labute approximate surface area is 75.8 Å². The molecule has 0 rings (SSSR count). The third-order valence-electron chi connectivity index (χ3n) is 1.93. The fraction of sp³-hybridized carbons (Fsp3) is 0.800. The van der Waals surface area contributed by atoms with Gasteiger partial charge in [0.15, 0.2) is 0 Å². The van der Waals surface area contributed by atoms with E-state index in [2.05, 4.69) is 30.8 Å². The Hall–Kier alpha value is -0.660. The summed E-state index contributed by atoms with van der Waals surface area (Å²) in [6, 6.07) is 0. The van der Waals surface area contributed by atoms with Crippen molar-refractivity contribution in [2.45, 2.75) is 27.7 Å². The quantitative estimate of drug-likeness (QED) is 0.445. The average molecular weight is 168 g/mol. The Morgan fingerprint density at radius 2 is 1.67 bits per heavy atom. The number of hydrogen-bond acceptors (Lipinski definition) is 2. The Morgan fingerprint density at radius 1 is 1.08 bits per heavy atom. The third-order valence-corrected chi connectivity index (χ3v) is 1.93. The standard InChI is InChI=1S/C10H20N2/c1-5-11-6-7-12-8-10(4)9(2)3/h5,8-10H,6-7H2,1-4H3. The van der Waals surface area contributed by atoms with Gasteiger partial charge in [0.25, 0.3) is 0 Å². The Bertz CT molecular complexity index is 148. The van der Waals surface area contributed by atoms with E-state index >= 15 is 0 Å². The first-order valence-corrected chi connectivity index (χ1v) is 4.62. The molecule has 12 heavy (non-hydrogen) atoms. The molecule has 0 aliphatic carbocycles. The molecule has 0 aromatic heterocycles. The van der Waals surface area contributed by atoms with E-state index in [-0.39, 0.29) is 0 Å². The van der Waals surface area contributed by atoms with E-state index in [1.807, 2.05) is 19.4 Å². The van der Waals surface area contributed by atoms with Gasteiger partial charge in [0.2, 0.25) is 0 Å². The van der Waals surface area contributed by atoms with E-state index in [1.165, 1.54) is 0 Å². The fourth-order valence-electron chi connectivity index (χ4n) is 0.658. The predicted octanol–water partition coefficient (Wildman–Crippen LogP) is 2.44. The maximum atomic E-state index is 4.29. The maximum absolute atomic E-state index is 4.29. The highest BCUT2D eigenvalue weighted by Gasteiger charge is 2.01.